The predicted octanol–water partition coefficient (Wildman–Crippen LogP) is 2.73. The number of nitrogens with zero attached hydrogens (tertiary/aromatic N) is 1. The fraction of sp³-hybridized carbons (Fsp3) is 0.933. The van der Waals surface area contributed by atoms with Gasteiger partial charge in [-0.2, -0.15) is 0 Å². The molecule has 0 radical (unpaired) electrons. The van der Waals surface area contributed by atoms with Crippen LogP contribution >= 0.6 is 0 Å². The first-order valence-corrected chi connectivity index (χ1v) is 7.59. The minimum atomic E-state index is -0.813. The number of rotatable bonds is 11. The molecule has 2 N–H and O–H groups in total. The smallest absolute Gasteiger partial charge is 0.323 e. The van der Waals surface area contributed by atoms with Crippen molar-refractivity contribution in [2.45, 2.75) is 71.9 Å². The van der Waals surface area contributed by atoms with Gasteiger partial charge in [0.25, 0.3) is 0 Å². The Morgan fingerprint density at radius 1 is 1.26 bits per heavy atom. The Labute approximate surface area is 118 Å². The molecule has 0 rings (SSSR count). The lowest BCUT2D eigenvalue weighted by molar-refractivity contribution is -0.144. The van der Waals surface area contributed by atoms with Gasteiger partial charge in [-0.05, 0) is 46.7 Å². The van der Waals surface area contributed by atoms with Crippen LogP contribution in [0.2, 0.25) is 0 Å². The Hall–Kier alpha value is -0.610. The van der Waals surface area contributed by atoms with Crippen LogP contribution in [0.15, 0.2) is 0 Å². The van der Waals surface area contributed by atoms with Gasteiger partial charge in [0.2, 0.25) is 0 Å². The summed E-state index contributed by atoms with van der Waals surface area (Å²) in [5.74, 6) is -0.758. The molecule has 0 bridgehead atoms. The summed E-state index contributed by atoms with van der Waals surface area (Å²) in [5, 5.41) is 12.4. The minimum absolute atomic E-state index is 0.469. The van der Waals surface area contributed by atoms with Crippen molar-refractivity contribution in [1.82, 2.24) is 10.2 Å². The van der Waals surface area contributed by atoms with Gasteiger partial charge in [-0.15, -0.1) is 0 Å². The topological polar surface area (TPSA) is 52.6 Å². The zero-order valence-corrected chi connectivity index (χ0v) is 13.3. The van der Waals surface area contributed by atoms with Crippen molar-refractivity contribution in [2.75, 3.05) is 19.6 Å². The first kappa shape index (κ1) is 18.4. The standard InChI is InChI=1S/C15H32N2O2/c1-6-8-9-11-17(13(3)4)12-10-15(5,14(18)19)16-7-2/h13,16H,6-12H2,1-5H3,(H,18,19). The highest BCUT2D eigenvalue weighted by atomic mass is 16.4. The molecule has 1 unspecified atom stereocenters. The summed E-state index contributed by atoms with van der Waals surface area (Å²) in [5.41, 5.74) is -0.813. The normalized spacial score (nSPS) is 14.9. The van der Waals surface area contributed by atoms with Gasteiger partial charge in [-0.1, -0.05) is 26.7 Å². The van der Waals surface area contributed by atoms with Crippen LogP contribution in [0.3, 0.4) is 0 Å². The molecular formula is C15H32N2O2. The summed E-state index contributed by atoms with van der Waals surface area (Å²) in [6.45, 7) is 12.9. The van der Waals surface area contributed by atoms with Crippen molar-refractivity contribution in [3.63, 3.8) is 0 Å². The van der Waals surface area contributed by atoms with Crippen LogP contribution in [0, 0.1) is 0 Å². The molecule has 4 heteroatoms. The Bertz CT molecular complexity index is 257. The molecule has 0 aliphatic carbocycles. The fourth-order valence-electron chi connectivity index (χ4n) is 2.22. The zero-order chi connectivity index (χ0) is 14.9. The van der Waals surface area contributed by atoms with Crippen LogP contribution in [0.5, 0.6) is 0 Å². The van der Waals surface area contributed by atoms with Gasteiger partial charge in [-0.25, -0.2) is 0 Å². The average Bonchev–Trinajstić information content (AvgIpc) is 2.33. The van der Waals surface area contributed by atoms with Crippen LogP contribution in [0.25, 0.3) is 0 Å². The molecule has 0 heterocycles. The summed E-state index contributed by atoms with van der Waals surface area (Å²) in [6, 6.07) is 0.469. The highest BCUT2D eigenvalue weighted by Crippen LogP contribution is 2.13. The van der Waals surface area contributed by atoms with Crippen molar-refractivity contribution in [2.24, 2.45) is 0 Å². The van der Waals surface area contributed by atoms with Gasteiger partial charge < -0.3 is 15.3 Å². The van der Waals surface area contributed by atoms with Crippen molar-refractivity contribution in [3.05, 3.63) is 0 Å². The quantitative estimate of drug-likeness (QED) is 0.568. The predicted molar refractivity (Wildman–Crippen MR) is 80.6 cm³/mol. The van der Waals surface area contributed by atoms with E-state index in [9.17, 15) is 9.90 Å². The maximum Gasteiger partial charge on any atom is 0.323 e. The molecule has 0 aromatic carbocycles. The van der Waals surface area contributed by atoms with Gasteiger partial charge >= 0.3 is 5.97 Å². The number of aliphatic carboxylic acids is 1. The lowest BCUT2D eigenvalue weighted by Crippen LogP contribution is -2.51. The number of hydrogen-bond acceptors (Lipinski definition) is 3. The largest absolute Gasteiger partial charge is 0.480 e. The number of likely N-dealkylation sites (N-methyl/N-ethyl adjacent to an activating group) is 1. The maximum absolute atomic E-state index is 11.4. The second kappa shape index (κ2) is 9.32. The van der Waals surface area contributed by atoms with Gasteiger partial charge in [0.05, 0.1) is 0 Å². The monoisotopic (exact) mass is 272 g/mol. The average molecular weight is 272 g/mol. The van der Waals surface area contributed by atoms with Crippen LogP contribution in [0.1, 0.15) is 60.3 Å². The fourth-order valence-corrected chi connectivity index (χ4v) is 2.22. The van der Waals surface area contributed by atoms with Crippen molar-refractivity contribution in [1.29, 1.82) is 0 Å². The van der Waals surface area contributed by atoms with Crippen LogP contribution < -0.4 is 5.32 Å². The van der Waals surface area contributed by atoms with Crippen LogP contribution in [0.4, 0.5) is 0 Å². The third-order valence-corrected chi connectivity index (χ3v) is 3.72. The van der Waals surface area contributed by atoms with Gasteiger partial charge in [-0.3, -0.25) is 4.79 Å². The van der Waals surface area contributed by atoms with E-state index in [1.165, 1.54) is 19.3 Å². The third kappa shape index (κ3) is 6.92. The highest BCUT2D eigenvalue weighted by molar-refractivity contribution is 5.78. The number of nitrogens with one attached hydrogen (secondary N) is 1. The van der Waals surface area contributed by atoms with E-state index >= 15 is 0 Å². The highest BCUT2D eigenvalue weighted by Gasteiger charge is 2.32. The first-order chi connectivity index (χ1) is 8.87. The number of carboxylic acid groups (broad SMARTS) is 1. The number of carboxylic acids is 1. The van der Waals surface area contributed by atoms with Crippen molar-refractivity contribution < 1.29 is 9.90 Å². The van der Waals surface area contributed by atoms with E-state index < -0.39 is 11.5 Å². The Morgan fingerprint density at radius 3 is 2.32 bits per heavy atom. The van der Waals surface area contributed by atoms with Crippen LogP contribution in [-0.4, -0.2) is 47.2 Å². The molecule has 0 aromatic heterocycles. The Kier molecular flexibility index (Phi) is 9.02. The molecule has 0 spiro atoms. The molecule has 19 heavy (non-hydrogen) atoms. The minimum Gasteiger partial charge on any atom is -0.480 e. The second-order valence-corrected chi connectivity index (χ2v) is 5.75. The lowest BCUT2D eigenvalue weighted by Gasteiger charge is -2.32. The van der Waals surface area contributed by atoms with Gasteiger partial charge in [0.15, 0.2) is 0 Å². The summed E-state index contributed by atoms with van der Waals surface area (Å²) in [4.78, 5) is 13.8. The third-order valence-electron chi connectivity index (χ3n) is 3.72. The number of unbranched alkanes of at least 4 members (excludes halogenated alkanes) is 2. The molecule has 114 valence electrons. The second-order valence-electron chi connectivity index (χ2n) is 5.75. The van der Waals surface area contributed by atoms with E-state index in [-0.39, 0.29) is 0 Å². The number of carbonyl (C=O) groups is 1. The summed E-state index contributed by atoms with van der Waals surface area (Å²) < 4.78 is 0. The van der Waals surface area contributed by atoms with Crippen molar-refractivity contribution in [3.8, 4) is 0 Å². The summed E-state index contributed by atoms with van der Waals surface area (Å²) in [7, 11) is 0. The molecule has 1 atom stereocenters. The molecule has 0 aliphatic heterocycles. The molecule has 0 fully saturated rings. The molecular weight excluding hydrogens is 240 g/mol. The van der Waals surface area contributed by atoms with Crippen LogP contribution in [-0.2, 0) is 4.79 Å². The summed E-state index contributed by atoms with van der Waals surface area (Å²) in [6.07, 6.45) is 4.29. The van der Waals surface area contributed by atoms with Crippen molar-refractivity contribution >= 4 is 5.97 Å². The van der Waals surface area contributed by atoms with E-state index in [1.807, 2.05) is 6.92 Å². The summed E-state index contributed by atoms with van der Waals surface area (Å²) >= 11 is 0. The molecule has 0 amide bonds. The zero-order valence-electron chi connectivity index (χ0n) is 13.3. The number of hydrogen-bond donors (Lipinski definition) is 2. The molecule has 0 saturated carbocycles. The van der Waals surface area contributed by atoms with Gasteiger partial charge in [0, 0.05) is 12.6 Å². The van der Waals surface area contributed by atoms with E-state index in [4.69, 9.17) is 0 Å². The van der Waals surface area contributed by atoms with Gasteiger partial charge in [0.1, 0.15) is 5.54 Å². The SMILES string of the molecule is CCCCCN(CCC(C)(NCC)C(=O)O)C(C)C. The molecule has 0 aromatic rings. The molecule has 0 aliphatic rings. The Morgan fingerprint density at radius 2 is 1.89 bits per heavy atom. The maximum atomic E-state index is 11.4. The van der Waals surface area contributed by atoms with E-state index in [0.29, 0.717) is 19.0 Å². The Balaban J connectivity index is 4.38. The first-order valence-electron chi connectivity index (χ1n) is 7.59. The molecule has 4 nitrogen and oxygen atoms in total. The van der Waals surface area contributed by atoms with E-state index in [2.05, 4.69) is 31.0 Å². The van der Waals surface area contributed by atoms with E-state index in [1.54, 1.807) is 6.92 Å². The molecule has 0 saturated heterocycles. The lowest BCUT2D eigenvalue weighted by atomic mass is 9.97. The van der Waals surface area contributed by atoms with E-state index in [0.717, 1.165) is 13.1 Å².